The van der Waals surface area contributed by atoms with Crippen molar-refractivity contribution in [2.75, 3.05) is 63.9 Å². The van der Waals surface area contributed by atoms with E-state index >= 15 is 0 Å². The van der Waals surface area contributed by atoms with Crippen LogP contribution in [0.15, 0.2) is 12.4 Å². The maximum absolute atomic E-state index is 12.1. The molecular weight excluding hydrogens is 354 g/mol. The predicted molar refractivity (Wildman–Crippen MR) is 106 cm³/mol. The van der Waals surface area contributed by atoms with E-state index in [1.807, 2.05) is 4.90 Å². The van der Waals surface area contributed by atoms with Crippen molar-refractivity contribution in [2.24, 2.45) is 11.8 Å². The summed E-state index contributed by atoms with van der Waals surface area (Å²) in [4.78, 5) is 28.2. The van der Waals surface area contributed by atoms with Crippen LogP contribution in [0.2, 0.25) is 0 Å². The number of hydrogen-bond donors (Lipinski definition) is 0. The molecule has 2 atom stereocenters. The van der Waals surface area contributed by atoms with Crippen LogP contribution >= 0.6 is 0 Å². The lowest BCUT2D eigenvalue weighted by molar-refractivity contribution is -0.134. The number of carbonyl (C=O) groups excluding carboxylic acids is 1. The minimum atomic E-state index is 0.147. The maximum atomic E-state index is 12.1. The largest absolute Gasteiger partial charge is 0.372 e. The van der Waals surface area contributed by atoms with Crippen molar-refractivity contribution in [2.45, 2.75) is 31.6 Å². The molecule has 0 aromatic carbocycles. The van der Waals surface area contributed by atoms with Gasteiger partial charge in [-0.2, -0.15) is 0 Å². The fourth-order valence-electron chi connectivity index (χ4n) is 5.15. The van der Waals surface area contributed by atoms with Crippen LogP contribution in [0.1, 0.15) is 37.3 Å². The second-order valence-corrected chi connectivity index (χ2v) is 8.90. The summed E-state index contributed by atoms with van der Waals surface area (Å²) in [6.07, 6.45) is 6.60. The zero-order valence-electron chi connectivity index (χ0n) is 16.6. The fourth-order valence-corrected chi connectivity index (χ4v) is 5.15. The summed E-state index contributed by atoms with van der Waals surface area (Å²) in [5, 5.41) is 0. The van der Waals surface area contributed by atoms with E-state index in [4.69, 9.17) is 4.74 Å². The number of carbonyl (C=O) groups is 1. The van der Waals surface area contributed by atoms with Gasteiger partial charge >= 0.3 is 0 Å². The van der Waals surface area contributed by atoms with Gasteiger partial charge in [-0.05, 0) is 31.1 Å². The second-order valence-electron chi connectivity index (χ2n) is 8.90. The van der Waals surface area contributed by atoms with Gasteiger partial charge in [0.15, 0.2) is 0 Å². The molecule has 1 aromatic heterocycles. The standard InChI is InChI=1S/C21H31N5O2/c27-21-14-28-8-2-5-25(21)7-6-24-10-17-12-26(13-18(17)11-24)20-9-19(22-15-23-20)16-3-1-4-16/h9,15-18H,1-8,10-14H2. The van der Waals surface area contributed by atoms with Gasteiger partial charge in [0.05, 0.1) is 0 Å². The van der Waals surface area contributed by atoms with Crippen molar-refractivity contribution in [3.63, 3.8) is 0 Å². The lowest BCUT2D eigenvalue weighted by atomic mass is 9.83. The van der Waals surface area contributed by atoms with Gasteiger partial charge in [-0.25, -0.2) is 9.97 Å². The molecule has 0 N–H and O–H groups in total. The molecule has 0 bridgehead atoms. The Morgan fingerprint density at radius 3 is 2.61 bits per heavy atom. The summed E-state index contributed by atoms with van der Waals surface area (Å²) in [7, 11) is 0. The van der Waals surface area contributed by atoms with Gasteiger partial charge in [-0.15, -0.1) is 0 Å². The van der Waals surface area contributed by atoms with E-state index in [1.165, 1.54) is 25.0 Å². The number of rotatable bonds is 5. The zero-order chi connectivity index (χ0) is 18.9. The first-order valence-electron chi connectivity index (χ1n) is 10.9. The van der Waals surface area contributed by atoms with E-state index in [0.717, 1.165) is 58.1 Å². The summed E-state index contributed by atoms with van der Waals surface area (Å²) in [6.45, 7) is 8.09. The Morgan fingerprint density at radius 1 is 1.04 bits per heavy atom. The van der Waals surface area contributed by atoms with Gasteiger partial charge in [0, 0.05) is 70.1 Å². The summed E-state index contributed by atoms with van der Waals surface area (Å²) in [6, 6.07) is 2.23. The van der Waals surface area contributed by atoms with E-state index in [2.05, 4.69) is 25.8 Å². The zero-order valence-corrected chi connectivity index (χ0v) is 16.6. The van der Waals surface area contributed by atoms with Crippen LogP contribution < -0.4 is 4.90 Å². The van der Waals surface area contributed by atoms with Crippen molar-refractivity contribution < 1.29 is 9.53 Å². The number of hydrogen-bond acceptors (Lipinski definition) is 6. The summed E-state index contributed by atoms with van der Waals surface area (Å²) < 4.78 is 5.34. The highest BCUT2D eigenvalue weighted by Gasteiger charge is 2.40. The summed E-state index contributed by atoms with van der Waals surface area (Å²) >= 11 is 0. The van der Waals surface area contributed by atoms with Crippen molar-refractivity contribution in [1.82, 2.24) is 19.8 Å². The van der Waals surface area contributed by atoms with Crippen LogP contribution in [0.5, 0.6) is 0 Å². The Balaban J connectivity index is 1.13. The molecule has 5 rings (SSSR count). The van der Waals surface area contributed by atoms with Crippen LogP contribution in [0, 0.1) is 11.8 Å². The first-order chi connectivity index (χ1) is 13.8. The summed E-state index contributed by atoms with van der Waals surface area (Å²) in [5.74, 6) is 3.35. The molecule has 0 spiro atoms. The molecule has 7 nitrogen and oxygen atoms in total. The quantitative estimate of drug-likeness (QED) is 0.763. The number of amides is 1. The molecule has 1 aromatic rings. The molecular formula is C21H31N5O2. The third kappa shape index (κ3) is 3.74. The number of likely N-dealkylation sites (tertiary alicyclic amines) is 1. The minimum absolute atomic E-state index is 0.147. The van der Waals surface area contributed by atoms with Crippen LogP contribution in [-0.4, -0.2) is 84.7 Å². The Bertz CT molecular complexity index is 696. The average molecular weight is 386 g/mol. The molecule has 28 heavy (non-hydrogen) atoms. The van der Waals surface area contributed by atoms with Crippen molar-refractivity contribution in [1.29, 1.82) is 0 Å². The van der Waals surface area contributed by atoms with Gasteiger partial charge in [0.2, 0.25) is 5.91 Å². The van der Waals surface area contributed by atoms with Crippen molar-refractivity contribution >= 4 is 11.7 Å². The molecule has 2 unspecified atom stereocenters. The first kappa shape index (κ1) is 18.3. The number of ether oxygens (including phenoxy) is 1. The van der Waals surface area contributed by atoms with Crippen LogP contribution in [0.3, 0.4) is 0 Å². The molecule has 4 aliphatic rings. The van der Waals surface area contributed by atoms with Crippen molar-refractivity contribution in [3.05, 3.63) is 18.1 Å². The molecule has 1 amide bonds. The molecule has 1 saturated carbocycles. The SMILES string of the molecule is O=C1COCCCN1CCN1CC2CN(c3cc(C4CCC4)ncn3)CC2C1. The number of aromatic nitrogens is 2. The van der Waals surface area contributed by atoms with Gasteiger partial charge in [-0.3, -0.25) is 4.79 Å². The third-order valence-electron chi connectivity index (χ3n) is 7.06. The summed E-state index contributed by atoms with van der Waals surface area (Å²) in [5.41, 5.74) is 1.24. The monoisotopic (exact) mass is 385 g/mol. The topological polar surface area (TPSA) is 61.8 Å². The Hall–Kier alpha value is -1.73. The van der Waals surface area contributed by atoms with E-state index < -0.39 is 0 Å². The Kier molecular flexibility index (Phi) is 5.20. The number of fused-ring (bicyclic) bond motifs is 1. The number of nitrogens with zero attached hydrogens (tertiary/aromatic N) is 5. The normalized spacial score (nSPS) is 29.1. The number of anilines is 1. The van der Waals surface area contributed by atoms with E-state index in [-0.39, 0.29) is 12.5 Å². The Labute approximate surface area is 167 Å². The van der Waals surface area contributed by atoms with Crippen LogP contribution in [0.25, 0.3) is 0 Å². The highest BCUT2D eigenvalue weighted by Crippen LogP contribution is 2.37. The molecule has 4 heterocycles. The predicted octanol–water partition coefficient (Wildman–Crippen LogP) is 1.36. The van der Waals surface area contributed by atoms with E-state index in [0.29, 0.717) is 24.4 Å². The average Bonchev–Trinajstić information content (AvgIpc) is 3.14. The van der Waals surface area contributed by atoms with Gasteiger partial charge < -0.3 is 19.4 Å². The van der Waals surface area contributed by atoms with Gasteiger partial charge in [-0.1, -0.05) is 6.42 Å². The molecule has 3 aliphatic heterocycles. The van der Waals surface area contributed by atoms with Crippen LogP contribution in [0.4, 0.5) is 5.82 Å². The van der Waals surface area contributed by atoms with Crippen LogP contribution in [-0.2, 0) is 9.53 Å². The highest BCUT2D eigenvalue weighted by atomic mass is 16.5. The first-order valence-corrected chi connectivity index (χ1v) is 10.9. The highest BCUT2D eigenvalue weighted by molar-refractivity contribution is 5.77. The van der Waals surface area contributed by atoms with E-state index in [9.17, 15) is 4.79 Å². The second kappa shape index (κ2) is 7.95. The van der Waals surface area contributed by atoms with Gasteiger partial charge in [0.1, 0.15) is 18.8 Å². The molecule has 152 valence electrons. The smallest absolute Gasteiger partial charge is 0.248 e. The molecule has 3 saturated heterocycles. The third-order valence-corrected chi connectivity index (χ3v) is 7.06. The van der Waals surface area contributed by atoms with Crippen molar-refractivity contribution in [3.8, 4) is 0 Å². The van der Waals surface area contributed by atoms with Gasteiger partial charge in [0.25, 0.3) is 0 Å². The maximum Gasteiger partial charge on any atom is 0.248 e. The molecule has 7 heteroatoms. The van der Waals surface area contributed by atoms with E-state index in [1.54, 1.807) is 6.33 Å². The Morgan fingerprint density at radius 2 is 1.86 bits per heavy atom. The lowest BCUT2D eigenvalue weighted by Gasteiger charge is -2.27. The molecule has 4 fully saturated rings. The molecule has 0 radical (unpaired) electrons. The molecule has 1 aliphatic carbocycles. The lowest BCUT2D eigenvalue weighted by Crippen LogP contribution is -2.40. The fraction of sp³-hybridized carbons (Fsp3) is 0.762. The minimum Gasteiger partial charge on any atom is -0.372 e.